The monoisotopic (exact) mass is 350 g/mol. The molecule has 0 aliphatic heterocycles. The molecule has 6 nitrogen and oxygen atoms in total. The Bertz CT molecular complexity index is 996. The molecule has 0 spiro atoms. The van der Waals surface area contributed by atoms with E-state index in [-0.39, 0.29) is 12.4 Å². The molecule has 1 aromatic carbocycles. The molecule has 3 aromatic rings. The number of aromatic nitrogens is 2. The van der Waals surface area contributed by atoms with Crippen LogP contribution in [0.1, 0.15) is 11.3 Å². The minimum absolute atomic E-state index is 0.237. The number of fused-ring (bicyclic) bond motifs is 1. The van der Waals surface area contributed by atoms with Gasteiger partial charge in [-0.1, -0.05) is 6.07 Å². The van der Waals surface area contributed by atoms with E-state index >= 15 is 0 Å². The summed E-state index contributed by atoms with van der Waals surface area (Å²) in [5, 5.41) is 3.96. The third-order valence-corrected chi connectivity index (χ3v) is 3.89. The van der Waals surface area contributed by atoms with Crippen molar-refractivity contribution in [1.29, 1.82) is 0 Å². The Morgan fingerprint density at radius 1 is 1.31 bits per heavy atom. The number of rotatable bonds is 5. The third kappa shape index (κ3) is 3.61. The molecule has 0 unspecified atom stereocenters. The first kappa shape index (κ1) is 17.3. The fourth-order valence-electron chi connectivity index (χ4n) is 2.56. The van der Waals surface area contributed by atoms with Crippen molar-refractivity contribution in [1.82, 2.24) is 9.97 Å². The Labute approximate surface area is 150 Å². The fraction of sp³-hybridized carbons (Fsp3) is 0.105. The summed E-state index contributed by atoms with van der Waals surface area (Å²) in [6.07, 6.45) is 4.67. The van der Waals surface area contributed by atoms with Gasteiger partial charge in [0.2, 0.25) is 0 Å². The molecular weight excluding hydrogens is 331 g/mol. The molecule has 2 heterocycles. The molecule has 0 bridgehead atoms. The summed E-state index contributed by atoms with van der Waals surface area (Å²) in [6, 6.07) is 10.4. The zero-order valence-corrected chi connectivity index (χ0v) is 14.3. The summed E-state index contributed by atoms with van der Waals surface area (Å²) in [5.41, 5.74) is 14.5. The van der Waals surface area contributed by atoms with Gasteiger partial charge in [0, 0.05) is 54.8 Å². The van der Waals surface area contributed by atoms with Crippen molar-refractivity contribution in [2.24, 2.45) is 10.7 Å². The van der Waals surface area contributed by atoms with Gasteiger partial charge < -0.3 is 16.8 Å². The highest BCUT2D eigenvalue weighted by Crippen LogP contribution is 2.22. The number of anilines is 2. The van der Waals surface area contributed by atoms with E-state index in [9.17, 15) is 4.39 Å². The van der Waals surface area contributed by atoms with Crippen LogP contribution < -0.4 is 16.8 Å². The van der Waals surface area contributed by atoms with Crippen LogP contribution in [-0.4, -0.2) is 23.2 Å². The van der Waals surface area contributed by atoms with Crippen molar-refractivity contribution in [3.05, 3.63) is 65.9 Å². The van der Waals surface area contributed by atoms with Crippen molar-refractivity contribution in [2.75, 3.05) is 18.1 Å². The summed E-state index contributed by atoms with van der Waals surface area (Å²) < 4.78 is 14.3. The van der Waals surface area contributed by atoms with Crippen molar-refractivity contribution in [3.63, 3.8) is 0 Å². The average molecular weight is 350 g/mol. The fourth-order valence-corrected chi connectivity index (χ4v) is 2.56. The van der Waals surface area contributed by atoms with E-state index in [1.807, 2.05) is 12.1 Å². The maximum atomic E-state index is 14.3. The Kier molecular flexibility index (Phi) is 5.07. The second kappa shape index (κ2) is 7.60. The van der Waals surface area contributed by atoms with Crippen molar-refractivity contribution >= 4 is 34.2 Å². The van der Waals surface area contributed by atoms with Crippen molar-refractivity contribution in [2.45, 2.75) is 6.54 Å². The van der Waals surface area contributed by atoms with Gasteiger partial charge in [0.15, 0.2) is 0 Å². The number of pyridine rings is 2. The SMILES string of the molecule is CN=CC(=CN)c1ccc(N)c(NCc2cc3cccnc3cc2F)n1. The maximum Gasteiger partial charge on any atom is 0.150 e. The number of nitrogens with one attached hydrogen (secondary N) is 1. The van der Waals surface area contributed by atoms with Gasteiger partial charge in [-0.15, -0.1) is 0 Å². The zero-order chi connectivity index (χ0) is 18.5. The second-order valence-corrected chi connectivity index (χ2v) is 5.64. The van der Waals surface area contributed by atoms with Gasteiger partial charge in [0.25, 0.3) is 0 Å². The lowest BCUT2D eigenvalue weighted by molar-refractivity contribution is 0.614. The number of nitrogen functional groups attached to an aromatic ring is 1. The third-order valence-electron chi connectivity index (χ3n) is 3.89. The van der Waals surface area contributed by atoms with Gasteiger partial charge in [-0.2, -0.15) is 0 Å². The van der Waals surface area contributed by atoms with E-state index in [1.165, 1.54) is 12.3 Å². The predicted molar refractivity (Wildman–Crippen MR) is 104 cm³/mol. The molecule has 5 N–H and O–H groups in total. The number of hydrogen-bond acceptors (Lipinski definition) is 6. The van der Waals surface area contributed by atoms with E-state index < -0.39 is 0 Å². The van der Waals surface area contributed by atoms with E-state index in [4.69, 9.17) is 11.5 Å². The molecule has 132 valence electrons. The Morgan fingerprint density at radius 3 is 2.92 bits per heavy atom. The lowest BCUT2D eigenvalue weighted by Crippen LogP contribution is -2.08. The first-order chi connectivity index (χ1) is 12.6. The molecule has 0 aliphatic rings. The van der Waals surface area contributed by atoms with E-state index in [1.54, 1.807) is 37.7 Å². The van der Waals surface area contributed by atoms with Gasteiger partial charge in [-0.3, -0.25) is 9.98 Å². The van der Waals surface area contributed by atoms with E-state index in [0.29, 0.717) is 33.9 Å². The summed E-state index contributed by atoms with van der Waals surface area (Å²) >= 11 is 0. The molecule has 2 aromatic heterocycles. The first-order valence-corrected chi connectivity index (χ1v) is 8.00. The Morgan fingerprint density at radius 2 is 2.15 bits per heavy atom. The van der Waals surface area contributed by atoms with Crippen LogP contribution in [0, 0.1) is 5.82 Å². The number of allylic oxidation sites excluding steroid dienone is 1. The summed E-state index contributed by atoms with van der Waals surface area (Å²) in [5.74, 6) is 0.121. The highest BCUT2D eigenvalue weighted by Gasteiger charge is 2.09. The van der Waals surface area contributed by atoms with Crippen LogP contribution in [0.5, 0.6) is 0 Å². The number of nitrogens with two attached hydrogens (primary N) is 2. The Balaban J connectivity index is 1.87. The van der Waals surface area contributed by atoms with Gasteiger partial charge >= 0.3 is 0 Å². The molecular formula is C19H19FN6. The number of benzene rings is 1. The smallest absolute Gasteiger partial charge is 0.150 e. The largest absolute Gasteiger partial charge is 0.404 e. The second-order valence-electron chi connectivity index (χ2n) is 5.64. The van der Waals surface area contributed by atoms with Crippen LogP contribution in [0.25, 0.3) is 16.5 Å². The zero-order valence-electron chi connectivity index (χ0n) is 14.3. The van der Waals surface area contributed by atoms with Gasteiger partial charge in [0.05, 0.1) is 16.9 Å². The maximum absolute atomic E-state index is 14.3. The summed E-state index contributed by atoms with van der Waals surface area (Å²) in [6.45, 7) is 0.237. The van der Waals surface area contributed by atoms with E-state index in [0.717, 1.165) is 5.39 Å². The van der Waals surface area contributed by atoms with Gasteiger partial charge in [-0.05, 0) is 24.3 Å². The highest BCUT2D eigenvalue weighted by atomic mass is 19.1. The minimum atomic E-state index is -0.334. The van der Waals surface area contributed by atoms with Crippen LogP contribution in [-0.2, 0) is 6.54 Å². The lowest BCUT2D eigenvalue weighted by atomic mass is 10.1. The lowest BCUT2D eigenvalue weighted by Gasteiger charge is -2.12. The molecule has 7 heteroatoms. The standard InChI is InChI=1S/C19H19FN6/c1-23-10-14(9-21)17-5-4-16(22)19(26-17)25-11-13-7-12-3-2-6-24-18(12)8-15(13)20/h2-10H,11,21-22H2,1H3,(H,25,26). The molecule has 0 radical (unpaired) electrons. The molecule has 0 atom stereocenters. The molecule has 0 amide bonds. The van der Waals surface area contributed by atoms with Crippen LogP contribution in [0.15, 0.2) is 53.8 Å². The minimum Gasteiger partial charge on any atom is -0.404 e. The average Bonchev–Trinajstić information content (AvgIpc) is 2.65. The molecule has 0 saturated carbocycles. The number of aliphatic imine (C=N–C) groups is 1. The highest BCUT2D eigenvalue weighted by molar-refractivity contribution is 6.09. The normalized spacial score (nSPS) is 12.0. The van der Waals surface area contributed by atoms with Gasteiger partial charge in [-0.25, -0.2) is 9.37 Å². The number of nitrogens with zero attached hydrogens (tertiary/aromatic N) is 3. The van der Waals surface area contributed by atoms with Crippen LogP contribution in [0.4, 0.5) is 15.9 Å². The molecule has 3 rings (SSSR count). The van der Waals surface area contributed by atoms with Crippen molar-refractivity contribution < 1.29 is 4.39 Å². The van der Waals surface area contributed by atoms with Crippen molar-refractivity contribution in [3.8, 4) is 0 Å². The Hall–Kier alpha value is -3.48. The molecule has 0 fully saturated rings. The van der Waals surface area contributed by atoms with Crippen LogP contribution in [0.2, 0.25) is 0 Å². The topological polar surface area (TPSA) is 102 Å². The van der Waals surface area contributed by atoms with Gasteiger partial charge in [0.1, 0.15) is 11.6 Å². The number of halogens is 1. The molecule has 26 heavy (non-hydrogen) atoms. The summed E-state index contributed by atoms with van der Waals surface area (Å²) in [4.78, 5) is 12.6. The quantitative estimate of drug-likeness (QED) is 0.614. The van der Waals surface area contributed by atoms with E-state index in [2.05, 4.69) is 20.3 Å². The number of hydrogen-bond donors (Lipinski definition) is 3. The first-order valence-electron chi connectivity index (χ1n) is 8.00. The summed E-state index contributed by atoms with van der Waals surface area (Å²) in [7, 11) is 1.65. The predicted octanol–water partition coefficient (Wildman–Crippen LogP) is 2.96. The molecule has 0 saturated heterocycles. The molecule has 0 aliphatic carbocycles. The van der Waals surface area contributed by atoms with Crippen LogP contribution in [0.3, 0.4) is 0 Å². The van der Waals surface area contributed by atoms with Crippen LogP contribution >= 0.6 is 0 Å².